The van der Waals surface area contributed by atoms with Crippen LogP contribution in [0.1, 0.15) is 36.5 Å². The van der Waals surface area contributed by atoms with Crippen LogP contribution in [0.5, 0.6) is 17.2 Å². The number of benzene rings is 2. The summed E-state index contributed by atoms with van der Waals surface area (Å²) in [5, 5.41) is 10.4. The number of aromatic hydroxyl groups is 1. The first kappa shape index (κ1) is 16.9. The van der Waals surface area contributed by atoms with Gasteiger partial charge in [0.25, 0.3) is 0 Å². The van der Waals surface area contributed by atoms with Crippen molar-refractivity contribution in [2.75, 3.05) is 14.2 Å². The number of rotatable bonds is 5. The van der Waals surface area contributed by atoms with Gasteiger partial charge in [0.2, 0.25) is 0 Å². The summed E-state index contributed by atoms with van der Waals surface area (Å²) >= 11 is 0. The Morgan fingerprint density at radius 3 is 2.35 bits per heavy atom. The molecule has 4 heteroatoms. The Hall–Kier alpha value is -2.49. The number of nitrogens with zero attached hydrogens (tertiary/aromatic N) is 1. The highest BCUT2D eigenvalue weighted by Gasteiger charge is 2.12. The van der Waals surface area contributed by atoms with Gasteiger partial charge in [0.1, 0.15) is 11.4 Å². The maximum absolute atomic E-state index is 10.4. The lowest BCUT2D eigenvalue weighted by Crippen LogP contribution is -1.92. The molecular formula is C19H23NO3. The lowest BCUT2D eigenvalue weighted by atomic mass is 9.99. The molecule has 0 saturated heterocycles. The van der Waals surface area contributed by atoms with Crippen molar-refractivity contribution in [1.29, 1.82) is 0 Å². The summed E-state index contributed by atoms with van der Waals surface area (Å²) in [6.07, 6.45) is 1.72. The number of phenolic OH excluding ortho intramolecular Hbond substituents is 1. The molecule has 23 heavy (non-hydrogen) atoms. The van der Waals surface area contributed by atoms with Crippen molar-refractivity contribution in [2.45, 2.75) is 26.7 Å². The zero-order valence-corrected chi connectivity index (χ0v) is 14.3. The highest BCUT2D eigenvalue weighted by molar-refractivity contribution is 5.84. The predicted octanol–water partition coefficient (Wildman–Crippen LogP) is 4.59. The Labute approximate surface area is 137 Å². The molecule has 0 saturated carbocycles. The van der Waals surface area contributed by atoms with E-state index in [-0.39, 0.29) is 11.7 Å². The number of ether oxygens (including phenoxy) is 2. The van der Waals surface area contributed by atoms with Crippen LogP contribution in [0.3, 0.4) is 0 Å². The maximum atomic E-state index is 10.4. The fraction of sp³-hybridized carbons (Fsp3) is 0.316. The van der Waals surface area contributed by atoms with Crippen molar-refractivity contribution < 1.29 is 14.6 Å². The van der Waals surface area contributed by atoms with Crippen molar-refractivity contribution in [1.82, 2.24) is 0 Å². The Bertz CT molecular complexity index is 721. The molecular weight excluding hydrogens is 290 g/mol. The number of hydrogen-bond acceptors (Lipinski definition) is 4. The molecule has 1 N–H and O–H groups in total. The first-order valence-corrected chi connectivity index (χ1v) is 7.56. The Balaban J connectivity index is 2.39. The van der Waals surface area contributed by atoms with E-state index in [1.54, 1.807) is 20.4 Å². The molecule has 0 aromatic heterocycles. The zero-order valence-electron chi connectivity index (χ0n) is 14.3. The Morgan fingerprint density at radius 2 is 1.74 bits per heavy atom. The van der Waals surface area contributed by atoms with E-state index in [2.05, 4.69) is 4.99 Å². The Kier molecular flexibility index (Phi) is 5.27. The van der Waals surface area contributed by atoms with Gasteiger partial charge >= 0.3 is 0 Å². The first-order chi connectivity index (χ1) is 11.0. The average molecular weight is 313 g/mol. The van der Waals surface area contributed by atoms with Gasteiger partial charge in [-0.05, 0) is 47.7 Å². The second-order valence-corrected chi connectivity index (χ2v) is 5.70. The van der Waals surface area contributed by atoms with E-state index in [9.17, 15) is 5.11 Å². The molecule has 0 aliphatic carbocycles. The molecule has 0 spiro atoms. The van der Waals surface area contributed by atoms with Crippen LogP contribution in [-0.4, -0.2) is 25.5 Å². The molecule has 2 aromatic rings. The van der Waals surface area contributed by atoms with E-state index in [1.807, 2.05) is 51.1 Å². The van der Waals surface area contributed by atoms with Crippen molar-refractivity contribution >= 4 is 11.9 Å². The zero-order chi connectivity index (χ0) is 17.0. The second kappa shape index (κ2) is 7.18. The van der Waals surface area contributed by atoms with Crippen molar-refractivity contribution in [3.05, 3.63) is 47.0 Å². The molecule has 0 bridgehead atoms. The molecule has 0 aliphatic rings. The van der Waals surface area contributed by atoms with E-state index in [0.29, 0.717) is 17.2 Å². The molecule has 2 rings (SSSR count). The van der Waals surface area contributed by atoms with Crippen molar-refractivity contribution in [2.24, 2.45) is 4.99 Å². The van der Waals surface area contributed by atoms with E-state index in [0.717, 1.165) is 16.7 Å². The summed E-state index contributed by atoms with van der Waals surface area (Å²) in [5.41, 5.74) is 3.31. The SMILES string of the molecule is COc1ccc(C=Nc2c(C)ccc(C(C)C)c2O)cc1OC. The molecule has 0 unspecified atom stereocenters. The summed E-state index contributed by atoms with van der Waals surface area (Å²) in [4.78, 5) is 4.48. The largest absolute Gasteiger partial charge is 0.505 e. The van der Waals surface area contributed by atoms with Gasteiger partial charge in [0, 0.05) is 6.21 Å². The lowest BCUT2D eigenvalue weighted by Gasteiger charge is -2.12. The van der Waals surface area contributed by atoms with Gasteiger partial charge in [-0.2, -0.15) is 0 Å². The normalized spacial score (nSPS) is 11.2. The number of phenols is 1. The van der Waals surface area contributed by atoms with Gasteiger partial charge in [0.15, 0.2) is 11.5 Å². The highest BCUT2D eigenvalue weighted by atomic mass is 16.5. The summed E-state index contributed by atoms with van der Waals surface area (Å²) in [6, 6.07) is 9.50. The number of methoxy groups -OCH3 is 2. The maximum Gasteiger partial charge on any atom is 0.161 e. The topological polar surface area (TPSA) is 51.0 Å². The third kappa shape index (κ3) is 3.65. The quantitative estimate of drug-likeness (QED) is 0.821. The molecule has 0 heterocycles. The van der Waals surface area contributed by atoms with E-state index in [1.165, 1.54) is 0 Å². The number of aliphatic imine (C=N–C) groups is 1. The van der Waals surface area contributed by atoms with Gasteiger partial charge in [-0.3, -0.25) is 4.99 Å². The lowest BCUT2D eigenvalue weighted by molar-refractivity contribution is 0.355. The number of hydrogen-bond donors (Lipinski definition) is 1. The van der Waals surface area contributed by atoms with Crippen LogP contribution < -0.4 is 9.47 Å². The minimum absolute atomic E-state index is 0.241. The molecule has 2 aromatic carbocycles. The molecule has 122 valence electrons. The third-order valence-corrected chi connectivity index (χ3v) is 3.76. The predicted molar refractivity (Wildman–Crippen MR) is 93.7 cm³/mol. The van der Waals surface area contributed by atoms with E-state index < -0.39 is 0 Å². The summed E-state index contributed by atoms with van der Waals surface area (Å²) < 4.78 is 10.5. The fourth-order valence-electron chi connectivity index (χ4n) is 2.40. The highest BCUT2D eigenvalue weighted by Crippen LogP contribution is 2.37. The first-order valence-electron chi connectivity index (χ1n) is 7.56. The van der Waals surface area contributed by atoms with Crippen LogP contribution in [-0.2, 0) is 0 Å². The van der Waals surface area contributed by atoms with Gasteiger partial charge in [-0.25, -0.2) is 0 Å². The monoisotopic (exact) mass is 313 g/mol. The van der Waals surface area contributed by atoms with E-state index in [4.69, 9.17) is 9.47 Å². The van der Waals surface area contributed by atoms with Crippen molar-refractivity contribution in [3.63, 3.8) is 0 Å². The summed E-state index contributed by atoms with van der Waals surface area (Å²) in [6.45, 7) is 6.03. The number of aryl methyl sites for hydroxylation is 1. The van der Waals surface area contributed by atoms with E-state index >= 15 is 0 Å². The molecule has 0 atom stereocenters. The van der Waals surface area contributed by atoms with Gasteiger partial charge in [-0.15, -0.1) is 0 Å². The molecule has 4 nitrogen and oxygen atoms in total. The van der Waals surface area contributed by atoms with Crippen LogP contribution in [0.4, 0.5) is 5.69 Å². The minimum atomic E-state index is 0.241. The van der Waals surface area contributed by atoms with Crippen molar-refractivity contribution in [3.8, 4) is 17.2 Å². The standard InChI is InChI=1S/C19H23NO3/c1-12(2)15-8-6-13(3)18(19(15)21)20-11-14-7-9-16(22-4)17(10-14)23-5/h6-12,21H,1-5H3. The van der Waals surface area contributed by atoms with Gasteiger partial charge < -0.3 is 14.6 Å². The van der Waals surface area contributed by atoms with Crippen LogP contribution in [0.15, 0.2) is 35.3 Å². The van der Waals surface area contributed by atoms with Crippen LogP contribution in [0.25, 0.3) is 0 Å². The average Bonchev–Trinajstić information content (AvgIpc) is 2.54. The molecule has 0 aliphatic heterocycles. The van der Waals surface area contributed by atoms with Gasteiger partial charge in [0.05, 0.1) is 14.2 Å². The van der Waals surface area contributed by atoms with Crippen LogP contribution in [0, 0.1) is 6.92 Å². The molecule has 0 fully saturated rings. The third-order valence-electron chi connectivity index (χ3n) is 3.76. The smallest absolute Gasteiger partial charge is 0.161 e. The van der Waals surface area contributed by atoms with Crippen LogP contribution in [0.2, 0.25) is 0 Å². The fourth-order valence-corrected chi connectivity index (χ4v) is 2.40. The summed E-state index contributed by atoms with van der Waals surface area (Å²) in [5.74, 6) is 1.81. The minimum Gasteiger partial charge on any atom is -0.505 e. The Morgan fingerprint density at radius 1 is 1.04 bits per heavy atom. The van der Waals surface area contributed by atoms with Crippen LogP contribution >= 0.6 is 0 Å². The molecule has 0 amide bonds. The van der Waals surface area contributed by atoms with Gasteiger partial charge in [-0.1, -0.05) is 26.0 Å². The summed E-state index contributed by atoms with van der Waals surface area (Å²) in [7, 11) is 3.20. The second-order valence-electron chi connectivity index (χ2n) is 5.70. The molecule has 0 radical (unpaired) electrons.